The van der Waals surface area contributed by atoms with Gasteiger partial charge in [-0.05, 0) is 51.6 Å². The molecule has 7 aromatic rings. The van der Waals surface area contributed by atoms with Gasteiger partial charge in [-0.3, -0.25) is 4.98 Å². The van der Waals surface area contributed by atoms with Gasteiger partial charge in [-0.2, -0.15) is 0 Å². The monoisotopic (exact) mass is 455 g/mol. The molecule has 5 nitrogen and oxygen atoms in total. The van der Waals surface area contributed by atoms with Crippen molar-refractivity contribution in [2.45, 2.75) is 33.1 Å². The number of benzene rings is 4. The molecule has 3 aromatic heterocycles. The number of imidazole rings is 2. The zero-order valence-corrected chi connectivity index (χ0v) is 20.0. The normalized spacial score (nSPS) is 12.2. The standard InChI is InChI=1S/C30H25N5/c1-4-26-33-28-22-9-6-18(14-23(22)21-11-12-31-15-24(21)29(28)34-26)17-5-8-20-19(13-17)7-10-25-27(20)35-30(32-25)16(2)3/h5-16H,4H2,1-3H3,(H,32,35)(H,33,34). The smallest absolute Gasteiger partial charge is 0.109 e. The molecule has 4 aromatic carbocycles. The summed E-state index contributed by atoms with van der Waals surface area (Å²) in [4.78, 5) is 21.1. The molecule has 0 saturated heterocycles. The van der Waals surface area contributed by atoms with Crippen molar-refractivity contribution in [2.75, 3.05) is 0 Å². The van der Waals surface area contributed by atoms with Crippen LogP contribution >= 0.6 is 0 Å². The third kappa shape index (κ3) is 2.98. The topological polar surface area (TPSA) is 70.2 Å². The minimum Gasteiger partial charge on any atom is -0.342 e. The Morgan fingerprint density at radius 1 is 0.743 bits per heavy atom. The van der Waals surface area contributed by atoms with Crippen molar-refractivity contribution >= 4 is 54.4 Å². The van der Waals surface area contributed by atoms with E-state index >= 15 is 0 Å². The first-order valence-electron chi connectivity index (χ1n) is 12.2. The minimum absolute atomic E-state index is 0.370. The lowest BCUT2D eigenvalue weighted by molar-refractivity contribution is 0.799. The van der Waals surface area contributed by atoms with Crippen LogP contribution in [0.3, 0.4) is 0 Å². The fraction of sp³-hybridized carbons (Fsp3) is 0.167. The summed E-state index contributed by atoms with van der Waals surface area (Å²) in [6.45, 7) is 6.45. The van der Waals surface area contributed by atoms with Crippen LogP contribution in [-0.2, 0) is 6.42 Å². The zero-order valence-electron chi connectivity index (χ0n) is 20.0. The van der Waals surface area contributed by atoms with Gasteiger partial charge in [-0.1, -0.05) is 51.1 Å². The lowest BCUT2D eigenvalue weighted by atomic mass is 9.95. The summed E-state index contributed by atoms with van der Waals surface area (Å²) >= 11 is 0. The molecule has 0 amide bonds. The van der Waals surface area contributed by atoms with Crippen LogP contribution in [0.4, 0.5) is 0 Å². The van der Waals surface area contributed by atoms with Gasteiger partial charge in [0.15, 0.2) is 0 Å². The number of aromatic amines is 2. The Balaban J connectivity index is 1.45. The third-order valence-corrected chi connectivity index (χ3v) is 7.11. The van der Waals surface area contributed by atoms with Gasteiger partial charge in [-0.15, -0.1) is 0 Å². The van der Waals surface area contributed by atoms with Crippen molar-refractivity contribution in [1.82, 2.24) is 24.9 Å². The van der Waals surface area contributed by atoms with Gasteiger partial charge in [0, 0.05) is 40.9 Å². The molecule has 0 radical (unpaired) electrons. The van der Waals surface area contributed by atoms with E-state index in [1.807, 2.05) is 12.4 Å². The number of nitrogens with zero attached hydrogens (tertiary/aromatic N) is 3. The maximum absolute atomic E-state index is 4.88. The predicted octanol–water partition coefficient (Wildman–Crippen LogP) is 7.65. The molecule has 3 heterocycles. The van der Waals surface area contributed by atoms with Crippen LogP contribution in [0, 0.1) is 0 Å². The molecule has 35 heavy (non-hydrogen) atoms. The second-order valence-corrected chi connectivity index (χ2v) is 9.62. The van der Waals surface area contributed by atoms with Crippen LogP contribution in [0.2, 0.25) is 0 Å². The Hall–Kier alpha value is -4.25. The average molecular weight is 456 g/mol. The van der Waals surface area contributed by atoms with E-state index in [-0.39, 0.29) is 0 Å². The van der Waals surface area contributed by atoms with Crippen LogP contribution in [0.5, 0.6) is 0 Å². The van der Waals surface area contributed by atoms with E-state index in [0.29, 0.717) is 5.92 Å². The molecule has 7 rings (SSSR count). The third-order valence-electron chi connectivity index (χ3n) is 7.11. The maximum atomic E-state index is 4.88. The summed E-state index contributed by atoms with van der Waals surface area (Å²) in [7, 11) is 0. The summed E-state index contributed by atoms with van der Waals surface area (Å²) in [6, 6.07) is 19.8. The molecule has 5 heteroatoms. The van der Waals surface area contributed by atoms with Crippen LogP contribution in [0.15, 0.2) is 67.0 Å². The summed E-state index contributed by atoms with van der Waals surface area (Å²) < 4.78 is 0. The van der Waals surface area contributed by atoms with Gasteiger partial charge in [-0.25, -0.2) is 9.97 Å². The Kier molecular flexibility index (Phi) is 4.25. The SMILES string of the molecule is CCc1nc2c3cnccc3c3cc(-c4ccc5c(ccc6[nH]c(C(C)C)nc65)c4)ccc3c2[nH]1. The molecule has 2 N–H and O–H groups in total. The molecule has 0 unspecified atom stereocenters. The second-order valence-electron chi connectivity index (χ2n) is 9.62. The van der Waals surface area contributed by atoms with Gasteiger partial charge in [0.25, 0.3) is 0 Å². The van der Waals surface area contributed by atoms with Gasteiger partial charge in [0.2, 0.25) is 0 Å². The molecular formula is C30H25N5. The molecule has 0 aliphatic rings. The van der Waals surface area contributed by atoms with Gasteiger partial charge in [0.1, 0.15) is 11.6 Å². The van der Waals surface area contributed by atoms with E-state index in [9.17, 15) is 0 Å². The molecular weight excluding hydrogens is 430 g/mol. The molecule has 0 aliphatic carbocycles. The van der Waals surface area contributed by atoms with Gasteiger partial charge >= 0.3 is 0 Å². The van der Waals surface area contributed by atoms with E-state index < -0.39 is 0 Å². The van der Waals surface area contributed by atoms with Crippen molar-refractivity contribution in [3.63, 3.8) is 0 Å². The summed E-state index contributed by atoms with van der Waals surface area (Å²) in [5, 5.41) is 7.04. The lowest BCUT2D eigenvalue weighted by Crippen LogP contribution is -1.88. The van der Waals surface area contributed by atoms with Gasteiger partial charge in [0.05, 0.1) is 22.1 Å². The van der Waals surface area contributed by atoms with E-state index in [2.05, 4.69) is 90.3 Å². The number of rotatable bonds is 3. The van der Waals surface area contributed by atoms with Crippen molar-refractivity contribution in [3.05, 3.63) is 78.6 Å². The average Bonchev–Trinajstić information content (AvgIpc) is 3.53. The van der Waals surface area contributed by atoms with Crippen LogP contribution in [-0.4, -0.2) is 24.9 Å². The fourth-order valence-electron chi connectivity index (χ4n) is 5.24. The number of fused-ring (bicyclic) bond motifs is 9. The van der Waals surface area contributed by atoms with Crippen molar-refractivity contribution < 1.29 is 0 Å². The summed E-state index contributed by atoms with van der Waals surface area (Å²) in [5.74, 6) is 2.40. The first kappa shape index (κ1) is 20.2. The highest BCUT2D eigenvalue weighted by Gasteiger charge is 2.14. The number of nitrogens with one attached hydrogen (secondary N) is 2. The number of pyridine rings is 1. The highest BCUT2D eigenvalue weighted by atomic mass is 14.9. The molecule has 0 fully saturated rings. The summed E-state index contributed by atoms with van der Waals surface area (Å²) in [6.07, 6.45) is 4.67. The van der Waals surface area contributed by atoms with Crippen LogP contribution in [0.25, 0.3) is 65.5 Å². The fourth-order valence-corrected chi connectivity index (χ4v) is 5.24. The van der Waals surface area contributed by atoms with Crippen molar-refractivity contribution in [2.24, 2.45) is 0 Å². The molecule has 170 valence electrons. The molecule has 0 saturated carbocycles. The Labute approximate surface area is 202 Å². The molecule has 0 atom stereocenters. The number of aromatic nitrogens is 5. The Morgan fingerprint density at radius 3 is 2.40 bits per heavy atom. The predicted molar refractivity (Wildman–Crippen MR) is 145 cm³/mol. The van der Waals surface area contributed by atoms with E-state index in [1.54, 1.807) is 0 Å². The van der Waals surface area contributed by atoms with E-state index in [0.717, 1.165) is 45.5 Å². The van der Waals surface area contributed by atoms with E-state index in [4.69, 9.17) is 9.97 Å². The Morgan fingerprint density at radius 2 is 1.57 bits per heavy atom. The number of H-pyrrole nitrogens is 2. The summed E-state index contributed by atoms with van der Waals surface area (Å²) in [5.41, 5.74) is 6.61. The van der Waals surface area contributed by atoms with Gasteiger partial charge < -0.3 is 9.97 Å². The molecule has 0 spiro atoms. The van der Waals surface area contributed by atoms with E-state index in [1.165, 1.54) is 38.1 Å². The lowest BCUT2D eigenvalue weighted by Gasteiger charge is -2.10. The number of hydrogen-bond acceptors (Lipinski definition) is 3. The first-order chi connectivity index (χ1) is 17.1. The number of hydrogen-bond donors (Lipinski definition) is 2. The molecule has 0 bridgehead atoms. The quantitative estimate of drug-likeness (QED) is 0.269. The minimum atomic E-state index is 0.370. The van der Waals surface area contributed by atoms with Crippen LogP contribution < -0.4 is 0 Å². The number of aryl methyl sites for hydroxylation is 1. The highest BCUT2D eigenvalue weighted by Crippen LogP contribution is 2.37. The maximum Gasteiger partial charge on any atom is 0.109 e. The van der Waals surface area contributed by atoms with Crippen molar-refractivity contribution in [3.8, 4) is 11.1 Å². The van der Waals surface area contributed by atoms with Crippen molar-refractivity contribution in [1.29, 1.82) is 0 Å². The zero-order chi connectivity index (χ0) is 23.7. The largest absolute Gasteiger partial charge is 0.342 e. The second kappa shape index (κ2) is 7.37. The first-order valence-corrected chi connectivity index (χ1v) is 12.2. The van der Waals surface area contributed by atoms with Crippen LogP contribution in [0.1, 0.15) is 38.3 Å². The Bertz CT molecular complexity index is 1920. The highest BCUT2D eigenvalue weighted by molar-refractivity contribution is 6.23. The molecule has 0 aliphatic heterocycles.